The van der Waals surface area contributed by atoms with Crippen LogP contribution in [0.3, 0.4) is 0 Å². The van der Waals surface area contributed by atoms with Gasteiger partial charge >= 0.3 is 5.97 Å². The molecule has 70 valence electrons. The van der Waals surface area contributed by atoms with Gasteiger partial charge in [-0.25, -0.2) is 4.79 Å². The molecule has 0 spiro atoms. The molecule has 0 amide bonds. The lowest BCUT2D eigenvalue weighted by Crippen LogP contribution is -2.00. The minimum atomic E-state index is -0.889. The maximum atomic E-state index is 10.5. The van der Waals surface area contributed by atoms with Crippen LogP contribution in [0.25, 0.3) is 0 Å². The molecule has 0 saturated heterocycles. The number of nitrogens with one attached hydrogen (secondary N) is 1. The van der Waals surface area contributed by atoms with Gasteiger partial charge in [0.2, 0.25) is 0 Å². The first-order valence-electron chi connectivity index (χ1n) is 3.97. The average molecular weight is 197 g/mol. The SMILES string of the molecule is CCNSc1ccc(C(=O)O)cc1. The standard InChI is InChI=1S/C9H11NO2S/c1-2-10-13-8-5-3-7(4-6-8)9(11)12/h3-6,10H,2H2,1H3,(H,11,12). The molecule has 0 atom stereocenters. The molecule has 0 bridgehead atoms. The molecule has 0 heterocycles. The Labute approximate surface area is 81.3 Å². The van der Waals surface area contributed by atoms with Crippen molar-refractivity contribution in [2.24, 2.45) is 0 Å². The van der Waals surface area contributed by atoms with Gasteiger partial charge in [0.25, 0.3) is 0 Å². The zero-order chi connectivity index (χ0) is 9.68. The summed E-state index contributed by atoms with van der Waals surface area (Å²) >= 11 is 1.50. The van der Waals surface area contributed by atoms with Crippen LogP contribution in [0.15, 0.2) is 29.2 Å². The lowest BCUT2D eigenvalue weighted by atomic mass is 10.2. The molecule has 0 aliphatic rings. The fourth-order valence-corrected chi connectivity index (χ4v) is 1.40. The highest BCUT2D eigenvalue weighted by molar-refractivity contribution is 7.97. The Kier molecular flexibility index (Phi) is 3.79. The molecular weight excluding hydrogens is 186 g/mol. The van der Waals surface area contributed by atoms with Crippen LogP contribution in [-0.2, 0) is 0 Å². The van der Waals surface area contributed by atoms with Crippen LogP contribution in [0.4, 0.5) is 0 Å². The molecule has 0 saturated carbocycles. The van der Waals surface area contributed by atoms with Crippen LogP contribution in [0.2, 0.25) is 0 Å². The normalized spacial score (nSPS) is 9.92. The summed E-state index contributed by atoms with van der Waals surface area (Å²) in [6, 6.07) is 6.78. The zero-order valence-electron chi connectivity index (χ0n) is 7.28. The summed E-state index contributed by atoms with van der Waals surface area (Å²) in [6.45, 7) is 2.89. The van der Waals surface area contributed by atoms with Gasteiger partial charge in [-0.05, 0) is 36.2 Å². The second-order valence-electron chi connectivity index (χ2n) is 2.43. The van der Waals surface area contributed by atoms with Gasteiger partial charge in [0, 0.05) is 11.4 Å². The van der Waals surface area contributed by atoms with E-state index in [2.05, 4.69) is 4.72 Å². The minimum Gasteiger partial charge on any atom is -0.478 e. The predicted molar refractivity (Wildman–Crippen MR) is 52.9 cm³/mol. The molecule has 1 rings (SSSR count). The lowest BCUT2D eigenvalue weighted by Gasteiger charge is -2.00. The quantitative estimate of drug-likeness (QED) is 0.725. The smallest absolute Gasteiger partial charge is 0.335 e. The Balaban J connectivity index is 2.64. The van der Waals surface area contributed by atoms with Crippen molar-refractivity contribution < 1.29 is 9.90 Å². The number of carboxylic acids is 1. The molecule has 2 N–H and O–H groups in total. The third kappa shape index (κ3) is 3.08. The summed E-state index contributed by atoms with van der Waals surface area (Å²) in [5.74, 6) is -0.889. The van der Waals surface area contributed by atoms with Gasteiger partial charge in [-0.15, -0.1) is 0 Å². The van der Waals surface area contributed by atoms with E-state index < -0.39 is 5.97 Å². The molecule has 0 aliphatic carbocycles. The fourth-order valence-electron chi connectivity index (χ4n) is 0.821. The van der Waals surface area contributed by atoms with Crippen molar-refractivity contribution in [3.8, 4) is 0 Å². The van der Waals surface area contributed by atoms with Crippen LogP contribution in [0.1, 0.15) is 17.3 Å². The summed E-state index contributed by atoms with van der Waals surface area (Å²) in [6.07, 6.45) is 0. The Morgan fingerprint density at radius 2 is 2.08 bits per heavy atom. The van der Waals surface area contributed by atoms with Gasteiger partial charge in [0.15, 0.2) is 0 Å². The van der Waals surface area contributed by atoms with E-state index in [9.17, 15) is 4.79 Å². The summed E-state index contributed by atoms with van der Waals surface area (Å²) in [4.78, 5) is 11.5. The third-order valence-electron chi connectivity index (χ3n) is 1.44. The maximum Gasteiger partial charge on any atom is 0.335 e. The van der Waals surface area contributed by atoms with Gasteiger partial charge in [0.1, 0.15) is 0 Å². The van der Waals surface area contributed by atoms with Crippen molar-refractivity contribution in [1.82, 2.24) is 4.72 Å². The first-order valence-corrected chi connectivity index (χ1v) is 4.78. The van der Waals surface area contributed by atoms with Crippen LogP contribution in [0.5, 0.6) is 0 Å². The van der Waals surface area contributed by atoms with E-state index in [1.165, 1.54) is 11.9 Å². The summed E-state index contributed by atoms with van der Waals surface area (Å²) in [5.41, 5.74) is 0.320. The highest BCUT2D eigenvalue weighted by atomic mass is 32.2. The van der Waals surface area contributed by atoms with Crippen LogP contribution in [0, 0.1) is 0 Å². The van der Waals surface area contributed by atoms with Gasteiger partial charge in [0.05, 0.1) is 5.56 Å². The van der Waals surface area contributed by atoms with Crippen molar-refractivity contribution in [3.05, 3.63) is 29.8 Å². The largest absolute Gasteiger partial charge is 0.478 e. The summed E-state index contributed by atoms with van der Waals surface area (Å²) in [7, 11) is 0. The van der Waals surface area contributed by atoms with Gasteiger partial charge < -0.3 is 5.11 Å². The molecular formula is C9H11NO2S. The number of aromatic carboxylic acids is 1. The van der Waals surface area contributed by atoms with Crippen molar-refractivity contribution in [3.63, 3.8) is 0 Å². The molecule has 13 heavy (non-hydrogen) atoms. The number of carboxylic acid groups (broad SMARTS) is 1. The Morgan fingerprint density at radius 1 is 1.46 bits per heavy atom. The number of carbonyl (C=O) groups is 1. The first kappa shape index (κ1) is 10.1. The van der Waals surface area contributed by atoms with Crippen LogP contribution in [-0.4, -0.2) is 17.6 Å². The predicted octanol–water partition coefficient (Wildman–Crippen LogP) is 2.00. The van der Waals surface area contributed by atoms with E-state index in [0.29, 0.717) is 5.56 Å². The Bertz CT molecular complexity index is 284. The van der Waals surface area contributed by atoms with E-state index in [0.717, 1.165) is 11.4 Å². The molecule has 0 aliphatic heterocycles. The second-order valence-corrected chi connectivity index (χ2v) is 3.39. The topological polar surface area (TPSA) is 49.3 Å². The number of rotatable bonds is 4. The molecule has 0 unspecified atom stereocenters. The van der Waals surface area contributed by atoms with Crippen LogP contribution < -0.4 is 4.72 Å². The summed E-state index contributed by atoms with van der Waals surface area (Å²) in [5, 5.41) is 8.63. The minimum absolute atomic E-state index is 0.320. The molecule has 4 heteroatoms. The van der Waals surface area contributed by atoms with E-state index in [4.69, 9.17) is 5.11 Å². The van der Waals surface area contributed by atoms with Crippen LogP contribution >= 0.6 is 11.9 Å². The molecule has 0 fully saturated rings. The van der Waals surface area contributed by atoms with Gasteiger partial charge in [-0.3, -0.25) is 4.72 Å². The number of hydrogen-bond donors (Lipinski definition) is 2. The second kappa shape index (κ2) is 4.89. The fraction of sp³-hybridized carbons (Fsp3) is 0.222. The highest BCUT2D eigenvalue weighted by Crippen LogP contribution is 2.14. The average Bonchev–Trinajstić information content (AvgIpc) is 2.15. The van der Waals surface area contributed by atoms with Gasteiger partial charge in [-0.2, -0.15) is 0 Å². The number of benzene rings is 1. The van der Waals surface area contributed by atoms with Crippen molar-refractivity contribution in [1.29, 1.82) is 0 Å². The molecule has 1 aromatic rings. The van der Waals surface area contributed by atoms with Crippen molar-refractivity contribution >= 4 is 17.9 Å². The van der Waals surface area contributed by atoms with Gasteiger partial charge in [-0.1, -0.05) is 6.92 Å². The van der Waals surface area contributed by atoms with Crippen molar-refractivity contribution in [2.45, 2.75) is 11.8 Å². The Hall–Kier alpha value is -1.00. The monoisotopic (exact) mass is 197 g/mol. The zero-order valence-corrected chi connectivity index (χ0v) is 8.10. The molecule has 0 aromatic heterocycles. The first-order chi connectivity index (χ1) is 6.24. The third-order valence-corrected chi connectivity index (χ3v) is 2.38. The summed E-state index contributed by atoms with van der Waals surface area (Å²) < 4.78 is 3.08. The highest BCUT2D eigenvalue weighted by Gasteiger charge is 2.00. The van der Waals surface area contributed by atoms with Crippen molar-refractivity contribution in [2.75, 3.05) is 6.54 Å². The lowest BCUT2D eigenvalue weighted by molar-refractivity contribution is 0.0697. The van der Waals surface area contributed by atoms with E-state index in [1.54, 1.807) is 24.3 Å². The van der Waals surface area contributed by atoms with E-state index in [1.807, 2.05) is 6.92 Å². The maximum absolute atomic E-state index is 10.5. The molecule has 3 nitrogen and oxygen atoms in total. The number of hydrogen-bond acceptors (Lipinski definition) is 3. The van der Waals surface area contributed by atoms with E-state index in [-0.39, 0.29) is 0 Å². The molecule has 0 radical (unpaired) electrons. The Morgan fingerprint density at radius 3 is 2.54 bits per heavy atom. The molecule has 1 aromatic carbocycles. The van der Waals surface area contributed by atoms with E-state index >= 15 is 0 Å².